The number of aryl methyl sites for hydroxylation is 1. The minimum atomic E-state index is -0.0590. The molecule has 5 nitrogen and oxygen atoms in total. The number of pyridine rings is 2. The van der Waals surface area contributed by atoms with Crippen molar-refractivity contribution in [2.24, 2.45) is 0 Å². The highest BCUT2D eigenvalue weighted by Gasteiger charge is 2.47. The number of hydrogen-bond acceptors (Lipinski definition) is 3. The van der Waals surface area contributed by atoms with Crippen LogP contribution in [0.1, 0.15) is 41.7 Å². The maximum absolute atomic E-state index is 13.0. The summed E-state index contributed by atoms with van der Waals surface area (Å²) in [6.45, 7) is 2.05. The number of carbonyl (C=O) groups excluding carboxylic acids is 1. The highest BCUT2D eigenvalue weighted by Crippen LogP contribution is 2.52. The number of urea groups is 1. The number of rotatable bonds is 2. The minimum Gasteiger partial charge on any atom is -0.309 e. The monoisotopic (exact) mass is 356 g/mol. The summed E-state index contributed by atoms with van der Waals surface area (Å²) in [5.41, 5.74) is 6.11. The normalized spacial score (nSPS) is 19.8. The molecule has 0 unspecified atom stereocenters. The second kappa shape index (κ2) is 6.20. The lowest BCUT2D eigenvalue weighted by molar-refractivity contribution is 0.196. The summed E-state index contributed by atoms with van der Waals surface area (Å²) in [7, 11) is 0. The fraction of sp³-hybridized carbons (Fsp3) is 0.227. The van der Waals surface area contributed by atoms with Gasteiger partial charge in [-0.15, -0.1) is 0 Å². The molecule has 0 radical (unpaired) electrons. The Hall–Kier alpha value is -3.21. The summed E-state index contributed by atoms with van der Waals surface area (Å²) in [4.78, 5) is 24.0. The molecule has 2 aliphatic rings. The molecule has 2 aromatic heterocycles. The molecule has 1 saturated heterocycles. The van der Waals surface area contributed by atoms with Gasteiger partial charge in [0.2, 0.25) is 0 Å². The molecule has 0 saturated carbocycles. The van der Waals surface area contributed by atoms with Crippen LogP contribution in [0.2, 0.25) is 0 Å². The van der Waals surface area contributed by atoms with E-state index >= 15 is 0 Å². The number of aromatic nitrogens is 2. The van der Waals surface area contributed by atoms with E-state index in [-0.39, 0.29) is 18.1 Å². The van der Waals surface area contributed by atoms with Gasteiger partial charge < -0.3 is 10.2 Å². The first-order chi connectivity index (χ1) is 13.2. The quantitative estimate of drug-likeness (QED) is 0.712. The smallest absolute Gasteiger partial charge is 0.309 e. The summed E-state index contributed by atoms with van der Waals surface area (Å²) in [6.07, 6.45) is 5.58. The van der Waals surface area contributed by atoms with Gasteiger partial charge >= 0.3 is 6.03 Å². The summed E-state index contributed by atoms with van der Waals surface area (Å²) >= 11 is 0. The minimum absolute atomic E-state index is 0.0590. The Bertz CT molecular complexity index is 987. The molecule has 134 valence electrons. The van der Waals surface area contributed by atoms with Crippen molar-refractivity contribution in [2.45, 2.75) is 31.8 Å². The van der Waals surface area contributed by atoms with E-state index < -0.39 is 0 Å². The molecule has 0 aliphatic carbocycles. The second-order valence-corrected chi connectivity index (χ2v) is 7.17. The van der Waals surface area contributed by atoms with Gasteiger partial charge in [0.15, 0.2) is 0 Å². The molecular formula is C22H20N4O. The number of anilines is 1. The van der Waals surface area contributed by atoms with E-state index in [2.05, 4.69) is 28.3 Å². The maximum atomic E-state index is 13.0. The molecule has 5 heteroatoms. The van der Waals surface area contributed by atoms with Gasteiger partial charge in [0, 0.05) is 23.6 Å². The Morgan fingerprint density at radius 1 is 1.04 bits per heavy atom. The van der Waals surface area contributed by atoms with Gasteiger partial charge in [-0.1, -0.05) is 18.2 Å². The number of amides is 2. The highest BCUT2D eigenvalue weighted by molar-refractivity contribution is 5.91. The predicted octanol–water partition coefficient (Wildman–Crippen LogP) is 4.88. The highest BCUT2D eigenvalue weighted by atomic mass is 16.2. The van der Waals surface area contributed by atoms with E-state index in [0.29, 0.717) is 0 Å². The Labute approximate surface area is 158 Å². The molecule has 2 aliphatic heterocycles. The molecule has 2 bridgehead atoms. The molecule has 2 amide bonds. The van der Waals surface area contributed by atoms with Crippen molar-refractivity contribution < 1.29 is 4.79 Å². The van der Waals surface area contributed by atoms with Gasteiger partial charge in [-0.25, -0.2) is 4.79 Å². The average molecular weight is 356 g/mol. The molecular weight excluding hydrogens is 336 g/mol. The Morgan fingerprint density at radius 2 is 1.89 bits per heavy atom. The third-order valence-electron chi connectivity index (χ3n) is 5.60. The first kappa shape index (κ1) is 16.0. The van der Waals surface area contributed by atoms with Gasteiger partial charge in [0.1, 0.15) is 0 Å². The molecule has 0 spiro atoms. The predicted molar refractivity (Wildman–Crippen MR) is 104 cm³/mol. The van der Waals surface area contributed by atoms with Crippen molar-refractivity contribution in [3.05, 3.63) is 77.7 Å². The molecule has 3 aromatic rings. The van der Waals surface area contributed by atoms with Crippen LogP contribution in [0.25, 0.3) is 11.3 Å². The van der Waals surface area contributed by atoms with E-state index in [9.17, 15) is 4.79 Å². The summed E-state index contributed by atoms with van der Waals surface area (Å²) in [5.74, 6) is 0. The number of nitrogens with zero attached hydrogens (tertiary/aromatic N) is 3. The van der Waals surface area contributed by atoms with Crippen molar-refractivity contribution in [2.75, 3.05) is 5.32 Å². The standard InChI is InChI=1S/C22H20N4O/c1-14-7-8-15(13-17(14)18-6-2-3-11-23-18)25-22(27)26-19-9-10-20(26)21-16(19)5-4-12-24-21/h2-8,11-13,19-20H,9-10H2,1H3,(H,25,27)/t19-,20+/m0/s1. The number of hydrogen-bond donors (Lipinski definition) is 1. The van der Waals surface area contributed by atoms with Crippen LogP contribution in [0.4, 0.5) is 10.5 Å². The molecule has 2 atom stereocenters. The van der Waals surface area contributed by atoms with Crippen LogP contribution in [-0.4, -0.2) is 20.9 Å². The van der Waals surface area contributed by atoms with E-state index in [1.54, 1.807) is 6.20 Å². The fourth-order valence-corrected chi connectivity index (χ4v) is 4.34. The van der Waals surface area contributed by atoms with Crippen LogP contribution >= 0.6 is 0 Å². The van der Waals surface area contributed by atoms with Crippen LogP contribution in [-0.2, 0) is 0 Å². The van der Waals surface area contributed by atoms with Crippen molar-refractivity contribution in [1.29, 1.82) is 0 Å². The summed E-state index contributed by atoms with van der Waals surface area (Å²) in [6, 6.07) is 16.0. The van der Waals surface area contributed by atoms with Crippen LogP contribution in [0.5, 0.6) is 0 Å². The average Bonchev–Trinajstić information content (AvgIpc) is 3.28. The molecule has 27 heavy (non-hydrogen) atoms. The Balaban J connectivity index is 1.41. The maximum Gasteiger partial charge on any atom is 0.322 e. The molecule has 1 aromatic carbocycles. The SMILES string of the molecule is Cc1ccc(NC(=O)N2[C@@H]3CC[C@H]2c2cccnc23)cc1-c1ccccn1. The van der Waals surface area contributed by atoms with E-state index in [1.165, 1.54) is 5.56 Å². The second-order valence-electron chi connectivity index (χ2n) is 7.17. The van der Waals surface area contributed by atoms with Crippen LogP contribution in [0, 0.1) is 6.92 Å². The Kier molecular flexibility index (Phi) is 3.67. The number of benzene rings is 1. The number of nitrogens with one attached hydrogen (secondary N) is 1. The largest absolute Gasteiger partial charge is 0.322 e. The third kappa shape index (κ3) is 2.58. The van der Waals surface area contributed by atoms with Crippen LogP contribution < -0.4 is 5.32 Å². The van der Waals surface area contributed by atoms with Crippen molar-refractivity contribution in [1.82, 2.24) is 14.9 Å². The lowest BCUT2D eigenvalue weighted by atomic mass is 9.96. The van der Waals surface area contributed by atoms with E-state index in [0.717, 1.165) is 41.0 Å². The number of carbonyl (C=O) groups is 1. The molecule has 5 rings (SSSR count). The zero-order valence-corrected chi connectivity index (χ0v) is 15.1. The van der Waals surface area contributed by atoms with Gasteiger partial charge in [-0.3, -0.25) is 9.97 Å². The first-order valence-corrected chi connectivity index (χ1v) is 9.28. The lowest BCUT2D eigenvalue weighted by Crippen LogP contribution is -2.32. The number of fused-ring (bicyclic) bond motifs is 5. The van der Waals surface area contributed by atoms with Crippen molar-refractivity contribution in [3.63, 3.8) is 0 Å². The van der Waals surface area contributed by atoms with Crippen LogP contribution in [0.3, 0.4) is 0 Å². The Morgan fingerprint density at radius 3 is 2.70 bits per heavy atom. The summed E-state index contributed by atoms with van der Waals surface area (Å²) < 4.78 is 0. The topological polar surface area (TPSA) is 58.1 Å². The zero-order valence-electron chi connectivity index (χ0n) is 15.1. The lowest BCUT2D eigenvalue weighted by Gasteiger charge is -2.23. The van der Waals surface area contributed by atoms with Crippen molar-refractivity contribution in [3.8, 4) is 11.3 Å². The summed E-state index contributed by atoms with van der Waals surface area (Å²) in [5, 5.41) is 3.09. The van der Waals surface area contributed by atoms with E-state index in [4.69, 9.17) is 0 Å². The van der Waals surface area contributed by atoms with Crippen molar-refractivity contribution >= 4 is 11.7 Å². The molecule has 4 heterocycles. The third-order valence-corrected chi connectivity index (χ3v) is 5.60. The van der Waals surface area contributed by atoms with Crippen LogP contribution in [0.15, 0.2) is 60.9 Å². The zero-order chi connectivity index (χ0) is 18.4. The molecule has 1 N–H and O–H groups in total. The molecule has 1 fully saturated rings. The van der Waals surface area contributed by atoms with E-state index in [1.807, 2.05) is 53.6 Å². The van der Waals surface area contributed by atoms with Gasteiger partial charge in [-0.2, -0.15) is 0 Å². The van der Waals surface area contributed by atoms with Gasteiger partial charge in [0.05, 0.1) is 23.5 Å². The first-order valence-electron chi connectivity index (χ1n) is 9.28. The van der Waals surface area contributed by atoms with Gasteiger partial charge in [-0.05, 0) is 61.2 Å². The fourth-order valence-electron chi connectivity index (χ4n) is 4.34. The van der Waals surface area contributed by atoms with Gasteiger partial charge in [0.25, 0.3) is 0 Å².